The zero-order valence-corrected chi connectivity index (χ0v) is 12.8. The molecule has 0 radical (unpaired) electrons. The van der Waals surface area contributed by atoms with Crippen LogP contribution >= 0.6 is 12.4 Å². The van der Waals surface area contributed by atoms with E-state index in [9.17, 15) is 9.59 Å². The number of nitrogens with one attached hydrogen (secondary N) is 1. The van der Waals surface area contributed by atoms with Gasteiger partial charge in [-0.1, -0.05) is 0 Å². The van der Waals surface area contributed by atoms with E-state index in [1.165, 1.54) is 26.4 Å². The predicted octanol–water partition coefficient (Wildman–Crippen LogP) is 0.902. The Morgan fingerprint density at radius 1 is 1.19 bits per heavy atom. The molecule has 2 amide bonds. The molecule has 21 heavy (non-hydrogen) atoms. The molecule has 0 fully saturated rings. The number of hydrogen-bond acceptors (Lipinski definition) is 5. The van der Waals surface area contributed by atoms with Gasteiger partial charge in [0.15, 0.2) is 11.5 Å². The van der Waals surface area contributed by atoms with E-state index in [-0.39, 0.29) is 36.0 Å². The highest BCUT2D eigenvalue weighted by Gasteiger charge is 2.16. The Balaban J connectivity index is 0.00000400. The van der Waals surface area contributed by atoms with Gasteiger partial charge >= 0.3 is 0 Å². The van der Waals surface area contributed by atoms with Crippen LogP contribution in [0.2, 0.25) is 0 Å². The highest BCUT2D eigenvalue weighted by molar-refractivity contribution is 6.03. The van der Waals surface area contributed by atoms with Crippen molar-refractivity contribution in [2.75, 3.05) is 26.1 Å². The maximum absolute atomic E-state index is 11.7. The van der Waals surface area contributed by atoms with Gasteiger partial charge in [-0.3, -0.25) is 9.59 Å². The summed E-state index contributed by atoms with van der Waals surface area (Å²) in [5.74, 6) is -0.155. The Hall–Kier alpha value is -1.99. The van der Waals surface area contributed by atoms with Crippen LogP contribution in [-0.4, -0.2) is 32.6 Å². The number of rotatable bonds is 7. The van der Waals surface area contributed by atoms with Crippen molar-refractivity contribution >= 4 is 29.9 Å². The minimum absolute atomic E-state index is 0. The number of hydrogen-bond donors (Lipinski definition) is 3. The van der Waals surface area contributed by atoms with Crippen molar-refractivity contribution in [3.63, 3.8) is 0 Å². The van der Waals surface area contributed by atoms with Gasteiger partial charge in [0.25, 0.3) is 5.91 Å². The lowest BCUT2D eigenvalue weighted by molar-refractivity contribution is -0.116. The largest absolute Gasteiger partial charge is 0.493 e. The van der Waals surface area contributed by atoms with Gasteiger partial charge in [0, 0.05) is 12.5 Å². The van der Waals surface area contributed by atoms with Crippen molar-refractivity contribution in [3.8, 4) is 11.5 Å². The molecule has 0 heterocycles. The SMILES string of the molecule is COc1cc(NC(=O)CCCN)c(C(N)=O)cc1OC.Cl. The van der Waals surface area contributed by atoms with E-state index >= 15 is 0 Å². The number of ether oxygens (including phenoxy) is 2. The molecule has 5 N–H and O–H groups in total. The molecule has 8 heteroatoms. The van der Waals surface area contributed by atoms with Gasteiger partial charge in [0.1, 0.15) is 0 Å². The summed E-state index contributed by atoms with van der Waals surface area (Å²) in [6, 6.07) is 2.93. The van der Waals surface area contributed by atoms with E-state index < -0.39 is 5.91 Å². The third-order valence-corrected chi connectivity index (χ3v) is 2.67. The van der Waals surface area contributed by atoms with Crippen LogP contribution in [0.3, 0.4) is 0 Å². The summed E-state index contributed by atoms with van der Waals surface area (Å²) in [7, 11) is 2.91. The lowest BCUT2D eigenvalue weighted by atomic mass is 10.1. The monoisotopic (exact) mass is 317 g/mol. The molecular weight excluding hydrogens is 298 g/mol. The van der Waals surface area contributed by atoms with Gasteiger partial charge in [0.05, 0.1) is 25.5 Å². The topological polar surface area (TPSA) is 117 Å². The van der Waals surface area contributed by atoms with E-state index in [2.05, 4.69) is 5.32 Å². The Bertz CT molecular complexity index is 508. The molecule has 0 bridgehead atoms. The van der Waals surface area contributed by atoms with Crippen LogP contribution in [-0.2, 0) is 4.79 Å². The normalized spacial score (nSPS) is 9.48. The van der Waals surface area contributed by atoms with Crippen molar-refractivity contribution in [2.45, 2.75) is 12.8 Å². The number of primary amides is 1. The summed E-state index contributed by atoms with van der Waals surface area (Å²) in [6.45, 7) is 0.419. The first kappa shape index (κ1) is 19.0. The van der Waals surface area contributed by atoms with Crippen LogP contribution in [0.15, 0.2) is 12.1 Å². The molecule has 0 aliphatic carbocycles. The van der Waals surface area contributed by atoms with Gasteiger partial charge in [-0.15, -0.1) is 12.4 Å². The smallest absolute Gasteiger partial charge is 0.250 e. The van der Waals surface area contributed by atoms with Gasteiger partial charge in [-0.25, -0.2) is 0 Å². The summed E-state index contributed by atoms with van der Waals surface area (Å²) in [6.07, 6.45) is 0.827. The molecule has 1 aromatic rings. The third-order valence-electron chi connectivity index (χ3n) is 2.67. The van der Waals surface area contributed by atoms with Gasteiger partial charge in [0.2, 0.25) is 5.91 Å². The number of benzene rings is 1. The highest BCUT2D eigenvalue weighted by Crippen LogP contribution is 2.33. The number of carbonyl (C=O) groups excluding carboxylic acids is 2. The molecule has 0 aromatic heterocycles. The average molecular weight is 318 g/mol. The van der Waals surface area contributed by atoms with E-state index in [1.54, 1.807) is 0 Å². The van der Waals surface area contributed by atoms with Gasteiger partial charge in [-0.05, 0) is 19.0 Å². The van der Waals surface area contributed by atoms with Crippen LogP contribution < -0.4 is 26.3 Å². The summed E-state index contributed by atoms with van der Waals surface area (Å²) >= 11 is 0. The molecule has 0 aliphatic heterocycles. The van der Waals surface area contributed by atoms with Crippen molar-refractivity contribution in [3.05, 3.63) is 17.7 Å². The van der Waals surface area contributed by atoms with Gasteiger partial charge in [-0.2, -0.15) is 0 Å². The van der Waals surface area contributed by atoms with E-state index in [0.717, 1.165) is 0 Å². The lowest BCUT2D eigenvalue weighted by Crippen LogP contribution is -2.19. The van der Waals surface area contributed by atoms with Gasteiger partial charge < -0.3 is 26.3 Å². The van der Waals surface area contributed by atoms with Crippen LogP contribution in [0.1, 0.15) is 23.2 Å². The fourth-order valence-corrected chi connectivity index (χ4v) is 1.66. The van der Waals surface area contributed by atoms with E-state index in [0.29, 0.717) is 24.5 Å². The number of anilines is 1. The van der Waals surface area contributed by atoms with Crippen molar-refractivity contribution in [1.29, 1.82) is 0 Å². The predicted molar refractivity (Wildman–Crippen MR) is 82.2 cm³/mol. The Kier molecular flexibility index (Phi) is 8.18. The fourth-order valence-electron chi connectivity index (χ4n) is 1.66. The summed E-state index contributed by atoms with van der Waals surface area (Å²) in [4.78, 5) is 23.1. The molecular formula is C13H20ClN3O4. The lowest BCUT2D eigenvalue weighted by Gasteiger charge is -2.14. The Labute approximate surface area is 129 Å². The molecule has 118 valence electrons. The molecule has 0 aliphatic rings. The van der Waals surface area contributed by atoms with Crippen molar-refractivity contribution in [1.82, 2.24) is 0 Å². The molecule has 1 rings (SSSR count). The molecule has 0 atom stereocenters. The highest BCUT2D eigenvalue weighted by atomic mass is 35.5. The van der Waals surface area contributed by atoms with Crippen molar-refractivity contribution < 1.29 is 19.1 Å². The van der Waals surface area contributed by atoms with E-state index in [4.69, 9.17) is 20.9 Å². The summed E-state index contributed by atoms with van der Waals surface area (Å²) in [5.41, 5.74) is 11.1. The fraction of sp³-hybridized carbons (Fsp3) is 0.385. The number of halogens is 1. The van der Waals surface area contributed by atoms with Crippen LogP contribution in [0.5, 0.6) is 11.5 Å². The molecule has 7 nitrogen and oxygen atoms in total. The van der Waals surface area contributed by atoms with Crippen LogP contribution in [0.4, 0.5) is 5.69 Å². The molecule has 0 unspecified atom stereocenters. The Morgan fingerprint density at radius 3 is 2.24 bits per heavy atom. The standard InChI is InChI=1S/C13H19N3O4.ClH/c1-19-10-6-8(13(15)18)9(7-11(10)20-2)16-12(17)4-3-5-14;/h6-7H,3-5,14H2,1-2H3,(H2,15,18)(H,16,17);1H. The van der Waals surface area contributed by atoms with Crippen LogP contribution in [0.25, 0.3) is 0 Å². The van der Waals surface area contributed by atoms with E-state index in [1.807, 2.05) is 0 Å². The molecule has 0 spiro atoms. The van der Waals surface area contributed by atoms with Crippen molar-refractivity contribution in [2.24, 2.45) is 11.5 Å². The first-order valence-electron chi connectivity index (χ1n) is 6.09. The minimum atomic E-state index is -0.667. The zero-order chi connectivity index (χ0) is 15.1. The molecule has 1 aromatic carbocycles. The summed E-state index contributed by atoms with van der Waals surface area (Å²) in [5, 5.41) is 2.62. The number of nitrogens with two attached hydrogens (primary N) is 2. The quantitative estimate of drug-likeness (QED) is 0.691. The first-order valence-corrected chi connectivity index (χ1v) is 6.09. The molecule has 0 saturated heterocycles. The first-order chi connectivity index (χ1) is 9.53. The second kappa shape index (κ2) is 9.04. The Morgan fingerprint density at radius 2 is 1.76 bits per heavy atom. The maximum Gasteiger partial charge on any atom is 0.250 e. The summed E-state index contributed by atoms with van der Waals surface area (Å²) < 4.78 is 10.2. The number of carbonyl (C=O) groups is 2. The third kappa shape index (κ3) is 5.13. The second-order valence-electron chi connectivity index (χ2n) is 4.06. The maximum atomic E-state index is 11.7. The number of amides is 2. The molecule has 0 saturated carbocycles. The average Bonchev–Trinajstić information content (AvgIpc) is 2.44. The second-order valence-corrected chi connectivity index (χ2v) is 4.06. The minimum Gasteiger partial charge on any atom is -0.493 e. The van der Waals surface area contributed by atoms with Crippen LogP contribution in [0, 0.1) is 0 Å². The number of methoxy groups -OCH3 is 2. The zero-order valence-electron chi connectivity index (χ0n) is 12.0.